The van der Waals surface area contributed by atoms with Crippen molar-refractivity contribution >= 4 is 45.9 Å². The van der Waals surface area contributed by atoms with E-state index >= 15 is 0 Å². The number of thiophene rings is 1. The molecule has 4 heteroatoms. The SMILES string of the molecule is CC(=O)SCC=Cc1sccc1Cl. The number of thioether (sulfide) groups is 1. The molecule has 0 unspecified atom stereocenters. The molecule has 1 nitrogen and oxygen atoms in total. The van der Waals surface area contributed by atoms with E-state index in [1.807, 2.05) is 23.6 Å². The zero-order valence-corrected chi connectivity index (χ0v) is 9.51. The van der Waals surface area contributed by atoms with E-state index in [2.05, 4.69) is 0 Å². The predicted octanol–water partition coefficient (Wildman–Crippen LogP) is 3.69. The van der Waals surface area contributed by atoms with Crippen LogP contribution in [0.15, 0.2) is 17.5 Å². The third-order valence-electron chi connectivity index (χ3n) is 1.30. The normalized spacial score (nSPS) is 10.9. The summed E-state index contributed by atoms with van der Waals surface area (Å²) in [5, 5.41) is 2.86. The lowest BCUT2D eigenvalue weighted by Gasteiger charge is -1.89. The van der Waals surface area contributed by atoms with E-state index in [1.165, 1.54) is 11.8 Å². The standard InChI is InChI=1S/C9H9ClOS2/c1-7(11)12-5-2-3-9-8(10)4-6-13-9/h2-4,6H,5H2,1H3. The zero-order valence-electron chi connectivity index (χ0n) is 7.12. The Morgan fingerprint density at radius 3 is 3.08 bits per heavy atom. The third-order valence-corrected chi connectivity index (χ3v) is 3.39. The molecule has 0 aliphatic carbocycles. The van der Waals surface area contributed by atoms with Crippen LogP contribution in [0.25, 0.3) is 6.08 Å². The summed E-state index contributed by atoms with van der Waals surface area (Å²) in [6.45, 7) is 1.57. The van der Waals surface area contributed by atoms with E-state index in [0.717, 1.165) is 9.90 Å². The summed E-state index contributed by atoms with van der Waals surface area (Å²) in [7, 11) is 0. The highest BCUT2D eigenvalue weighted by atomic mass is 35.5. The first-order valence-electron chi connectivity index (χ1n) is 3.73. The lowest BCUT2D eigenvalue weighted by atomic mass is 10.4. The molecule has 1 aromatic heterocycles. The monoisotopic (exact) mass is 232 g/mol. The van der Waals surface area contributed by atoms with Gasteiger partial charge >= 0.3 is 0 Å². The molecule has 0 spiro atoms. The van der Waals surface area contributed by atoms with Crippen LogP contribution < -0.4 is 0 Å². The summed E-state index contributed by atoms with van der Waals surface area (Å²) in [6, 6.07) is 1.87. The van der Waals surface area contributed by atoms with Crippen LogP contribution in [0.5, 0.6) is 0 Å². The third kappa shape index (κ3) is 3.98. The molecule has 1 heterocycles. The Morgan fingerprint density at radius 2 is 2.54 bits per heavy atom. The van der Waals surface area contributed by atoms with Crippen LogP contribution in [0.1, 0.15) is 11.8 Å². The van der Waals surface area contributed by atoms with Gasteiger partial charge < -0.3 is 0 Å². The molecule has 0 aromatic carbocycles. The molecule has 0 amide bonds. The molecule has 0 saturated heterocycles. The lowest BCUT2D eigenvalue weighted by molar-refractivity contribution is -0.109. The van der Waals surface area contributed by atoms with E-state index in [4.69, 9.17) is 11.6 Å². The van der Waals surface area contributed by atoms with Crippen molar-refractivity contribution in [2.45, 2.75) is 6.92 Å². The van der Waals surface area contributed by atoms with Crippen LogP contribution in [0.3, 0.4) is 0 Å². The second kappa shape index (κ2) is 5.47. The van der Waals surface area contributed by atoms with Gasteiger partial charge in [0.2, 0.25) is 0 Å². The summed E-state index contributed by atoms with van der Waals surface area (Å²) < 4.78 is 0. The van der Waals surface area contributed by atoms with Crippen molar-refractivity contribution in [3.63, 3.8) is 0 Å². The van der Waals surface area contributed by atoms with E-state index in [1.54, 1.807) is 18.3 Å². The fourth-order valence-corrected chi connectivity index (χ4v) is 2.21. The minimum Gasteiger partial charge on any atom is -0.288 e. The van der Waals surface area contributed by atoms with Gasteiger partial charge in [0.1, 0.15) is 0 Å². The molecule has 0 aliphatic heterocycles. The second-order valence-corrected chi connectivity index (χ2v) is 4.89. The number of hydrogen-bond donors (Lipinski definition) is 0. The summed E-state index contributed by atoms with van der Waals surface area (Å²) in [5.41, 5.74) is 0. The predicted molar refractivity (Wildman–Crippen MR) is 61.5 cm³/mol. The maximum atomic E-state index is 10.6. The molecule has 0 radical (unpaired) electrons. The average Bonchev–Trinajstić information content (AvgIpc) is 2.45. The zero-order chi connectivity index (χ0) is 9.68. The Balaban J connectivity index is 2.41. The van der Waals surface area contributed by atoms with Gasteiger partial charge in [0.25, 0.3) is 0 Å². The Bertz CT molecular complexity index is 317. The fourth-order valence-electron chi connectivity index (χ4n) is 0.745. The van der Waals surface area contributed by atoms with Crippen LogP contribution in [-0.2, 0) is 4.79 Å². The fraction of sp³-hybridized carbons (Fsp3) is 0.222. The lowest BCUT2D eigenvalue weighted by Crippen LogP contribution is -1.80. The molecule has 0 saturated carbocycles. The summed E-state index contributed by atoms with van der Waals surface area (Å²) in [5.74, 6) is 0.712. The van der Waals surface area contributed by atoms with Crippen LogP contribution in [-0.4, -0.2) is 10.9 Å². The second-order valence-electron chi connectivity index (χ2n) is 2.34. The van der Waals surface area contributed by atoms with Crippen LogP contribution >= 0.6 is 34.7 Å². The first-order valence-corrected chi connectivity index (χ1v) is 5.97. The topological polar surface area (TPSA) is 17.1 Å². The van der Waals surface area contributed by atoms with Crippen molar-refractivity contribution < 1.29 is 4.79 Å². The minimum atomic E-state index is 0.141. The number of carbonyl (C=O) groups excluding carboxylic acids is 1. The van der Waals surface area contributed by atoms with Crippen LogP contribution in [0, 0.1) is 0 Å². The van der Waals surface area contributed by atoms with Crippen molar-refractivity contribution in [2.75, 3.05) is 5.75 Å². The Kier molecular flexibility index (Phi) is 4.56. The molecule has 0 atom stereocenters. The molecule has 70 valence electrons. The first kappa shape index (κ1) is 10.8. The van der Waals surface area contributed by atoms with Gasteiger partial charge in [-0.3, -0.25) is 4.79 Å². The highest BCUT2D eigenvalue weighted by molar-refractivity contribution is 8.13. The molecule has 1 rings (SSSR count). The molecule has 0 N–H and O–H groups in total. The maximum Gasteiger partial charge on any atom is 0.186 e. The first-order chi connectivity index (χ1) is 6.20. The smallest absolute Gasteiger partial charge is 0.186 e. The van der Waals surface area contributed by atoms with Crippen molar-refractivity contribution in [3.05, 3.63) is 27.4 Å². The molecule has 0 fully saturated rings. The average molecular weight is 233 g/mol. The molecular weight excluding hydrogens is 224 g/mol. The van der Waals surface area contributed by atoms with E-state index < -0.39 is 0 Å². The van der Waals surface area contributed by atoms with Gasteiger partial charge in [-0.05, 0) is 17.5 Å². The van der Waals surface area contributed by atoms with Gasteiger partial charge in [-0.1, -0.05) is 29.4 Å². The van der Waals surface area contributed by atoms with Crippen LogP contribution in [0.4, 0.5) is 0 Å². The molecule has 0 bridgehead atoms. The van der Waals surface area contributed by atoms with Gasteiger partial charge in [-0.15, -0.1) is 11.3 Å². The maximum absolute atomic E-state index is 10.6. The van der Waals surface area contributed by atoms with Gasteiger partial charge in [0, 0.05) is 17.6 Å². The van der Waals surface area contributed by atoms with Crippen LogP contribution in [0.2, 0.25) is 5.02 Å². The highest BCUT2D eigenvalue weighted by Gasteiger charge is 1.95. The van der Waals surface area contributed by atoms with E-state index in [0.29, 0.717) is 5.75 Å². The van der Waals surface area contributed by atoms with Gasteiger partial charge in [-0.25, -0.2) is 0 Å². The van der Waals surface area contributed by atoms with Gasteiger partial charge in [0.05, 0.1) is 5.02 Å². The van der Waals surface area contributed by atoms with Crippen molar-refractivity contribution in [3.8, 4) is 0 Å². The quantitative estimate of drug-likeness (QED) is 0.791. The Labute approximate surface area is 90.8 Å². The number of hydrogen-bond acceptors (Lipinski definition) is 3. The number of halogens is 1. The van der Waals surface area contributed by atoms with Crippen molar-refractivity contribution in [1.29, 1.82) is 0 Å². The number of carbonyl (C=O) groups is 1. The van der Waals surface area contributed by atoms with Gasteiger partial charge in [0.15, 0.2) is 5.12 Å². The largest absolute Gasteiger partial charge is 0.288 e. The summed E-state index contributed by atoms with van der Waals surface area (Å²) in [6.07, 6.45) is 3.90. The summed E-state index contributed by atoms with van der Waals surface area (Å²) in [4.78, 5) is 11.6. The Morgan fingerprint density at radius 1 is 1.77 bits per heavy atom. The van der Waals surface area contributed by atoms with Gasteiger partial charge in [-0.2, -0.15) is 0 Å². The molecule has 1 aromatic rings. The Hall–Kier alpha value is -0.250. The summed E-state index contributed by atoms with van der Waals surface area (Å²) >= 11 is 8.76. The highest BCUT2D eigenvalue weighted by Crippen LogP contribution is 2.23. The van der Waals surface area contributed by atoms with E-state index in [-0.39, 0.29) is 5.12 Å². The van der Waals surface area contributed by atoms with Crippen molar-refractivity contribution in [1.82, 2.24) is 0 Å². The minimum absolute atomic E-state index is 0.141. The van der Waals surface area contributed by atoms with Crippen molar-refractivity contribution in [2.24, 2.45) is 0 Å². The molecule has 0 aliphatic rings. The molecule has 13 heavy (non-hydrogen) atoms. The molecular formula is C9H9ClOS2. The number of rotatable bonds is 3. The van der Waals surface area contributed by atoms with E-state index in [9.17, 15) is 4.79 Å².